The quantitative estimate of drug-likeness (QED) is 0.409. The van der Waals surface area contributed by atoms with Gasteiger partial charge in [0.2, 0.25) is 11.0 Å². The summed E-state index contributed by atoms with van der Waals surface area (Å²) in [5.74, 6) is -0.761. The highest BCUT2D eigenvalue weighted by Crippen LogP contribution is 2.28. The molecule has 29 heavy (non-hydrogen) atoms. The lowest BCUT2D eigenvalue weighted by Gasteiger charge is -2.07. The van der Waals surface area contributed by atoms with Gasteiger partial charge in [-0.1, -0.05) is 40.8 Å². The highest BCUT2D eigenvalue weighted by atomic mass is 35.5. The Labute approximate surface area is 178 Å². The summed E-state index contributed by atoms with van der Waals surface area (Å²) in [4.78, 5) is 24.4. The molecule has 0 aliphatic carbocycles. The van der Waals surface area contributed by atoms with Crippen LogP contribution in [0.3, 0.4) is 0 Å². The lowest BCUT2D eigenvalue weighted by molar-refractivity contribution is -0.113. The summed E-state index contributed by atoms with van der Waals surface area (Å²) in [6, 6.07) is 10.3. The van der Waals surface area contributed by atoms with Gasteiger partial charge in [0.25, 0.3) is 5.91 Å². The van der Waals surface area contributed by atoms with Gasteiger partial charge in [-0.3, -0.25) is 14.9 Å². The number of rotatable bonds is 7. The zero-order valence-electron chi connectivity index (χ0n) is 14.9. The van der Waals surface area contributed by atoms with Crippen LogP contribution in [0, 0.1) is 5.82 Å². The van der Waals surface area contributed by atoms with Crippen LogP contribution in [0.4, 0.5) is 15.2 Å². The van der Waals surface area contributed by atoms with E-state index in [0.29, 0.717) is 20.8 Å². The van der Waals surface area contributed by atoms with Gasteiger partial charge >= 0.3 is 0 Å². The number of amides is 2. The molecular weight excluding hydrogens is 439 g/mol. The third-order valence-electron chi connectivity index (χ3n) is 3.47. The molecule has 0 aliphatic rings. The number of thioether (sulfide) groups is 1. The van der Waals surface area contributed by atoms with Crippen LogP contribution < -0.4 is 15.4 Å². The van der Waals surface area contributed by atoms with Crippen LogP contribution in [0.5, 0.6) is 5.75 Å². The second-order valence-corrected chi connectivity index (χ2v) is 8.16. The molecule has 3 aromatic rings. The smallest absolute Gasteiger partial charge is 0.261 e. The second-order valence-electron chi connectivity index (χ2n) is 5.52. The van der Waals surface area contributed by atoms with E-state index in [1.165, 1.54) is 31.4 Å². The van der Waals surface area contributed by atoms with Crippen molar-refractivity contribution in [2.45, 2.75) is 4.34 Å². The number of anilines is 2. The van der Waals surface area contributed by atoms with Gasteiger partial charge in [-0.25, -0.2) is 4.39 Å². The van der Waals surface area contributed by atoms with Crippen LogP contribution in [0.1, 0.15) is 10.4 Å². The normalized spacial score (nSPS) is 10.4. The predicted octanol–water partition coefficient (Wildman–Crippen LogP) is 4.32. The zero-order valence-corrected chi connectivity index (χ0v) is 17.3. The topological polar surface area (TPSA) is 93.2 Å². The zero-order chi connectivity index (χ0) is 20.8. The molecule has 0 fully saturated rings. The maximum absolute atomic E-state index is 13.1. The molecule has 0 aliphatic heterocycles. The second kappa shape index (κ2) is 9.68. The van der Waals surface area contributed by atoms with Crippen LogP contribution >= 0.6 is 34.7 Å². The van der Waals surface area contributed by atoms with E-state index >= 15 is 0 Å². The molecule has 0 bridgehead atoms. The minimum atomic E-state index is -0.444. The summed E-state index contributed by atoms with van der Waals surface area (Å²) >= 11 is 8.21. The molecule has 0 saturated heterocycles. The monoisotopic (exact) mass is 452 g/mol. The van der Waals surface area contributed by atoms with Crippen molar-refractivity contribution < 1.29 is 18.7 Å². The molecule has 0 atom stereocenters. The van der Waals surface area contributed by atoms with Crippen molar-refractivity contribution in [3.05, 3.63) is 58.9 Å². The van der Waals surface area contributed by atoms with E-state index in [-0.39, 0.29) is 22.4 Å². The van der Waals surface area contributed by atoms with Gasteiger partial charge < -0.3 is 10.1 Å². The van der Waals surface area contributed by atoms with E-state index < -0.39 is 11.7 Å². The van der Waals surface area contributed by atoms with E-state index in [0.717, 1.165) is 23.1 Å². The number of nitrogens with zero attached hydrogens (tertiary/aromatic N) is 2. The van der Waals surface area contributed by atoms with Crippen molar-refractivity contribution in [3.63, 3.8) is 0 Å². The lowest BCUT2D eigenvalue weighted by Crippen LogP contribution is -2.13. The largest absolute Gasteiger partial charge is 0.496 e. The summed E-state index contributed by atoms with van der Waals surface area (Å²) in [6.07, 6.45) is 0. The fourth-order valence-electron chi connectivity index (χ4n) is 2.23. The molecule has 2 amide bonds. The first-order valence-corrected chi connectivity index (χ1v) is 10.3. The number of methoxy groups -OCH3 is 1. The van der Waals surface area contributed by atoms with Gasteiger partial charge in [-0.05, 0) is 36.4 Å². The van der Waals surface area contributed by atoms with Crippen molar-refractivity contribution in [2.24, 2.45) is 0 Å². The van der Waals surface area contributed by atoms with Crippen molar-refractivity contribution in [1.82, 2.24) is 10.2 Å². The van der Waals surface area contributed by atoms with Crippen molar-refractivity contribution in [1.29, 1.82) is 0 Å². The number of halogens is 2. The van der Waals surface area contributed by atoms with Gasteiger partial charge in [0, 0.05) is 10.7 Å². The molecular formula is C18H14ClFN4O3S2. The number of hydrogen-bond acceptors (Lipinski definition) is 7. The Balaban J connectivity index is 1.56. The number of carbonyl (C=O) groups excluding carboxylic acids is 2. The third-order valence-corrected chi connectivity index (χ3v) is 5.68. The molecule has 2 N–H and O–H groups in total. The van der Waals surface area contributed by atoms with Gasteiger partial charge in [-0.15, -0.1) is 10.2 Å². The summed E-state index contributed by atoms with van der Waals surface area (Å²) in [6.45, 7) is 0. The Morgan fingerprint density at radius 1 is 1.21 bits per heavy atom. The Morgan fingerprint density at radius 3 is 2.79 bits per heavy atom. The van der Waals surface area contributed by atoms with E-state index in [1.807, 2.05) is 0 Å². The fourth-order valence-corrected chi connectivity index (χ4v) is 3.95. The molecule has 0 spiro atoms. The van der Waals surface area contributed by atoms with Crippen LogP contribution in [0.15, 0.2) is 46.8 Å². The average molecular weight is 453 g/mol. The molecule has 3 rings (SSSR count). The number of ether oxygens (including phenoxy) is 1. The minimum absolute atomic E-state index is 0.0568. The van der Waals surface area contributed by atoms with Gasteiger partial charge in [-0.2, -0.15) is 0 Å². The third kappa shape index (κ3) is 5.89. The summed E-state index contributed by atoms with van der Waals surface area (Å²) in [7, 11) is 1.45. The molecule has 0 unspecified atom stereocenters. The highest BCUT2D eigenvalue weighted by Gasteiger charge is 2.16. The van der Waals surface area contributed by atoms with Crippen molar-refractivity contribution in [2.75, 3.05) is 23.5 Å². The Bertz CT molecular complexity index is 1050. The highest BCUT2D eigenvalue weighted by molar-refractivity contribution is 8.01. The van der Waals surface area contributed by atoms with Gasteiger partial charge in [0.05, 0.1) is 18.4 Å². The van der Waals surface area contributed by atoms with E-state index in [4.69, 9.17) is 16.3 Å². The molecule has 11 heteroatoms. The van der Waals surface area contributed by atoms with Crippen LogP contribution in [0.2, 0.25) is 5.02 Å². The van der Waals surface area contributed by atoms with E-state index in [1.54, 1.807) is 18.2 Å². The molecule has 7 nitrogen and oxygen atoms in total. The van der Waals surface area contributed by atoms with Crippen LogP contribution in [-0.4, -0.2) is 34.9 Å². The Morgan fingerprint density at radius 2 is 2.03 bits per heavy atom. The van der Waals surface area contributed by atoms with E-state index in [2.05, 4.69) is 20.8 Å². The average Bonchev–Trinajstić information content (AvgIpc) is 3.13. The summed E-state index contributed by atoms with van der Waals surface area (Å²) < 4.78 is 18.8. The number of carbonyl (C=O) groups is 2. The first-order chi connectivity index (χ1) is 13.9. The predicted molar refractivity (Wildman–Crippen MR) is 112 cm³/mol. The molecule has 2 aromatic carbocycles. The molecule has 0 radical (unpaired) electrons. The van der Waals surface area contributed by atoms with Crippen molar-refractivity contribution in [3.8, 4) is 5.75 Å². The maximum Gasteiger partial charge on any atom is 0.261 e. The van der Waals surface area contributed by atoms with Gasteiger partial charge in [0.1, 0.15) is 11.6 Å². The van der Waals surface area contributed by atoms with Gasteiger partial charge in [0.15, 0.2) is 4.34 Å². The fraction of sp³-hybridized carbons (Fsp3) is 0.111. The first kappa shape index (κ1) is 21.0. The minimum Gasteiger partial charge on any atom is -0.496 e. The molecule has 150 valence electrons. The van der Waals surface area contributed by atoms with Crippen LogP contribution in [0.25, 0.3) is 0 Å². The van der Waals surface area contributed by atoms with Crippen molar-refractivity contribution >= 4 is 57.3 Å². The standard InChI is InChI=1S/C18H14ClFN4O3S2/c1-27-14-6-5-10(19)7-13(14)16(26)22-17-23-24-18(29-17)28-9-15(25)21-12-4-2-3-11(20)8-12/h2-8H,9H2,1H3,(H,21,25)(H,22,23,26). The summed E-state index contributed by atoms with van der Waals surface area (Å²) in [5.41, 5.74) is 0.634. The van der Waals surface area contributed by atoms with E-state index in [9.17, 15) is 14.0 Å². The Hall–Kier alpha value is -2.69. The Kier molecular flexibility index (Phi) is 7.02. The molecule has 1 aromatic heterocycles. The number of aromatic nitrogens is 2. The molecule has 1 heterocycles. The summed E-state index contributed by atoms with van der Waals surface area (Å²) in [5, 5.41) is 13.7. The first-order valence-electron chi connectivity index (χ1n) is 8.11. The number of nitrogens with one attached hydrogen (secondary N) is 2. The van der Waals surface area contributed by atoms with Crippen LogP contribution in [-0.2, 0) is 4.79 Å². The molecule has 0 saturated carbocycles. The lowest BCUT2D eigenvalue weighted by atomic mass is 10.2. The maximum atomic E-state index is 13.1. The number of benzene rings is 2. The SMILES string of the molecule is COc1ccc(Cl)cc1C(=O)Nc1nnc(SCC(=O)Nc2cccc(F)c2)s1. The number of hydrogen-bond donors (Lipinski definition) is 2.